The van der Waals surface area contributed by atoms with Crippen LogP contribution in [0.3, 0.4) is 0 Å². The number of rotatable bonds is 4. The standard InChI is InChI=1S/C16H17FN2O.ClH/c1-19(14-9-5-8-13(17)10-14)16(20)11-15(18)12-6-3-2-4-7-12;/h2-10,15H,11,18H2,1H3;1H. The number of hydrogen-bond donors (Lipinski definition) is 1. The Morgan fingerprint density at radius 1 is 1.19 bits per heavy atom. The first kappa shape index (κ1) is 17.1. The van der Waals surface area contributed by atoms with Crippen molar-refractivity contribution in [2.24, 2.45) is 5.73 Å². The maximum absolute atomic E-state index is 13.2. The van der Waals surface area contributed by atoms with Crippen molar-refractivity contribution in [3.05, 3.63) is 66.0 Å². The van der Waals surface area contributed by atoms with Gasteiger partial charge in [0.2, 0.25) is 5.91 Å². The van der Waals surface area contributed by atoms with E-state index in [1.807, 2.05) is 30.3 Å². The SMILES string of the molecule is CN(C(=O)CC(N)c1ccccc1)c1cccc(F)c1.Cl. The molecule has 112 valence electrons. The fourth-order valence-corrected chi connectivity index (χ4v) is 1.97. The molecule has 2 N–H and O–H groups in total. The molecule has 2 rings (SSSR count). The van der Waals surface area contributed by atoms with Crippen LogP contribution in [0.2, 0.25) is 0 Å². The third kappa shape index (κ3) is 4.55. The smallest absolute Gasteiger partial charge is 0.228 e. The van der Waals surface area contributed by atoms with Crippen LogP contribution < -0.4 is 10.6 Å². The largest absolute Gasteiger partial charge is 0.324 e. The molecule has 0 bridgehead atoms. The second kappa shape index (κ2) is 7.76. The highest BCUT2D eigenvalue weighted by molar-refractivity contribution is 5.93. The zero-order valence-corrected chi connectivity index (χ0v) is 12.5. The molecule has 0 radical (unpaired) electrons. The van der Waals surface area contributed by atoms with E-state index in [4.69, 9.17) is 5.73 Å². The summed E-state index contributed by atoms with van der Waals surface area (Å²) in [5.41, 5.74) is 7.45. The Morgan fingerprint density at radius 2 is 1.86 bits per heavy atom. The van der Waals surface area contributed by atoms with Crippen molar-refractivity contribution < 1.29 is 9.18 Å². The Labute approximate surface area is 130 Å². The lowest BCUT2D eigenvalue weighted by atomic mass is 10.0. The summed E-state index contributed by atoms with van der Waals surface area (Å²) >= 11 is 0. The van der Waals surface area contributed by atoms with Crippen molar-refractivity contribution in [1.29, 1.82) is 0 Å². The number of nitrogens with two attached hydrogens (primary N) is 1. The van der Waals surface area contributed by atoms with Crippen molar-refractivity contribution in [2.75, 3.05) is 11.9 Å². The summed E-state index contributed by atoms with van der Waals surface area (Å²) in [5.74, 6) is -0.513. The normalized spacial score (nSPS) is 11.4. The van der Waals surface area contributed by atoms with Crippen molar-refractivity contribution in [3.63, 3.8) is 0 Å². The summed E-state index contributed by atoms with van der Waals surface area (Å²) in [6.45, 7) is 0. The minimum absolute atomic E-state index is 0. The van der Waals surface area contributed by atoms with Gasteiger partial charge < -0.3 is 10.6 Å². The van der Waals surface area contributed by atoms with Gasteiger partial charge in [-0.05, 0) is 23.8 Å². The van der Waals surface area contributed by atoms with Gasteiger partial charge in [-0.2, -0.15) is 0 Å². The molecule has 2 aromatic rings. The molecule has 0 saturated heterocycles. The van der Waals surface area contributed by atoms with Gasteiger partial charge in [0.15, 0.2) is 0 Å². The van der Waals surface area contributed by atoms with Gasteiger partial charge in [0.25, 0.3) is 0 Å². The van der Waals surface area contributed by atoms with Crippen LogP contribution >= 0.6 is 12.4 Å². The fourth-order valence-electron chi connectivity index (χ4n) is 1.97. The first-order valence-electron chi connectivity index (χ1n) is 6.40. The fraction of sp³-hybridized carbons (Fsp3) is 0.188. The van der Waals surface area contributed by atoms with E-state index in [2.05, 4.69) is 0 Å². The molecular weight excluding hydrogens is 291 g/mol. The number of benzene rings is 2. The van der Waals surface area contributed by atoms with Gasteiger partial charge in [0, 0.05) is 25.2 Å². The maximum atomic E-state index is 13.2. The first-order chi connectivity index (χ1) is 9.58. The molecule has 0 aliphatic carbocycles. The maximum Gasteiger partial charge on any atom is 0.228 e. The molecule has 1 unspecified atom stereocenters. The van der Waals surface area contributed by atoms with Gasteiger partial charge in [-0.1, -0.05) is 36.4 Å². The zero-order valence-electron chi connectivity index (χ0n) is 11.7. The minimum Gasteiger partial charge on any atom is -0.324 e. The van der Waals surface area contributed by atoms with Gasteiger partial charge in [-0.15, -0.1) is 12.4 Å². The predicted octanol–water partition coefficient (Wildman–Crippen LogP) is 3.30. The third-order valence-electron chi connectivity index (χ3n) is 3.19. The molecular formula is C16H18ClFN2O. The van der Waals surface area contributed by atoms with Gasteiger partial charge in [-0.3, -0.25) is 4.79 Å². The molecule has 0 saturated carbocycles. The monoisotopic (exact) mass is 308 g/mol. The van der Waals surface area contributed by atoms with Crippen molar-refractivity contribution in [3.8, 4) is 0 Å². The van der Waals surface area contributed by atoms with E-state index >= 15 is 0 Å². The summed E-state index contributed by atoms with van der Waals surface area (Å²) < 4.78 is 13.2. The lowest BCUT2D eigenvalue weighted by Gasteiger charge is -2.20. The number of halogens is 2. The highest BCUT2D eigenvalue weighted by Gasteiger charge is 2.16. The molecule has 0 aliphatic heterocycles. The van der Waals surface area contributed by atoms with E-state index < -0.39 is 0 Å². The topological polar surface area (TPSA) is 46.3 Å². The highest BCUT2D eigenvalue weighted by Crippen LogP contribution is 2.19. The molecule has 0 aromatic heterocycles. The summed E-state index contributed by atoms with van der Waals surface area (Å²) in [7, 11) is 1.62. The second-order valence-electron chi connectivity index (χ2n) is 4.65. The minimum atomic E-state index is -0.366. The Morgan fingerprint density at radius 3 is 2.48 bits per heavy atom. The van der Waals surface area contributed by atoms with Crippen molar-refractivity contribution in [1.82, 2.24) is 0 Å². The van der Waals surface area contributed by atoms with Crippen LogP contribution in [0.15, 0.2) is 54.6 Å². The predicted molar refractivity (Wildman–Crippen MR) is 85.0 cm³/mol. The Balaban J connectivity index is 0.00000220. The second-order valence-corrected chi connectivity index (χ2v) is 4.65. The Hall–Kier alpha value is -1.91. The molecule has 1 atom stereocenters. The van der Waals surface area contributed by atoms with E-state index in [0.29, 0.717) is 5.69 Å². The van der Waals surface area contributed by atoms with Crippen LogP contribution in [0, 0.1) is 5.82 Å². The molecule has 21 heavy (non-hydrogen) atoms. The van der Waals surface area contributed by atoms with E-state index in [9.17, 15) is 9.18 Å². The summed E-state index contributed by atoms with van der Waals surface area (Å²) in [4.78, 5) is 13.6. The Kier molecular flexibility index (Phi) is 6.34. The zero-order chi connectivity index (χ0) is 14.5. The van der Waals surface area contributed by atoms with E-state index in [1.54, 1.807) is 19.2 Å². The van der Waals surface area contributed by atoms with Crippen LogP contribution in [0.5, 0.6) is 0 Å². The lowest BCUT2D eigenvalue weighted by Crippen LogP contribution is -2.29. The number of anilines is 1. The van der Waals surface area contributed by atoms with Crippen LogP contribution in [0.25, 0.3) is 0 Å². The highest BCUT2D eigenvalue weighted by atomic mass is 35.5. The third-order valence-corrected chi connectivity index (χ3v) is 3.19. The van der Waals surface area contributed by atoms with Gasteiger partial charge in [-0.25, -0.2) is 4.39 Å². The molecule has 2 aromatic carbocycles. The van der Waals surface area contributed by atoms with E-state index in [-0.39, 0.29) is 36.6 Å². The quantitative estimate of drug-likeness (QED) is 0.942. The summed E-state index contributed by atoms with van der Waals surface area (Å²) in [6, 6.07) is 15.0. The average Bonchev–Trinajstić information content (AvgIpc) is 2.47. The van der Waals surface area contributed by atoms with Crippen molar-refractivity contribution >= 4 is 24.0 Å². The van der Waals surface area contributed by atoms with Crippen molar-refractivity contribution in [2.45, 2.75) is 12.5 Å². The molecule has 0 aliphatic rings. The number of carbonyl (C=O) groups excluding carboxylic acids is 1. The Bertz CT molecular complexity index is 592. The molecule has 5 heteroatoms. The number of carbonyl (C=O) groups is 1. The van der Waals surface area contributed by atoms with Gasteiger partial charge in [0.05, 0.1) is 0 Å². The lowest BCUT2D eigenvalue weighted by molar-refractivity contribution is -0.118. The van der Waals surface area contributed by atoms with Gasteiger partial charge in [0.1, 0.15) is 5.82 Å². The van der Waals surface area contributed by atoms with E-state index in [1.165, 1.54) is 17.0 Å². The summed E-state index contributed by atoms with van der Waals surface area (Å²) in [6.07, 6.45) is 0.178. The average molecular weight is 309 g/mol. The number of nitrogens with zero attached hydrogens (tertiary/aromatic N) is 1. The van der Waals surface area contributed by atoms with Crippen LogP contribution in [-0.4, -0.2) is 13.0 Å². The molecule has 0 heterocycles. The van der Waals surface area contributed by atoms with Crippen LogP contribution in [-0.2, 0) is 4.79 Å². The number of hydrogen-bond acceptors (Lipinski definition) is 2. The van der Waals surface area contributed by atoms with E-state index in [0.717, 1.165) is 5.56 Å². The molecule has 0 spiro atoms. The molecule has 3 nitrogen and oxygen atoms in total. The van der Waals surface area contributed by atoms with Crippen LogP contribution in [0.1, 0.15) is 18.0 Å². The summed E-state index contributed by atoms with van der Waals surface area (Å²) in [5, 5.41) is 0. The van der Waals surface area contributed by atoms with Gasteiger partial charge >= 0.3 is 0 Å². The first-order valence-corrected chi connectivity index (χ1v) is 6.40. The molecule has 0 fully saturated rings. The number of amides is 1. The molecule has 1 amide bonds. The van der Waals surface area contributed by atoms with Crippen LogP contribution in [0.4, 0.5) is 10.1 Å².